The fraction of sp³-hybridized carbons (Fsp3) is 0.438. The third-order valence-electron chi connectivity index (χ3n) is 9.36. The molecule has 5 atom stereocenters. The molecule has 11 heteroatoms. The third kappa shape index (κ3) is 4.83. The molecule has 6 rings (SSSR count). The van der Waals surface area contributed by atoms with E-state index in [9.17, 15) is 14.7 Å². The summed E-state index contributed by atoms with van der Waals surface area (Å²) in [6.45, 7) is 10.4. The summed E-state index contributed by atoms with van der Waals surface area (Å²) in [5.41, 5.74) is 1.89. The number of aryl methyl sites for hydroxylation is 1. The van der Waals surface area contributed by atoms with Gasteiger partial charge in [-0.3, -0.25) is 14.3 Å². The van der Waals surface area contributed by atoms with Gasteiger partial charge in [0, 0.05) is 55.0 Å². The zero-order valence-electron chi connectivity index (χ0n) is 24.8. The molecule has 2 fully saturated rings. The number of aliphatic hydroxyl groups is 1. The second-order valence-corrected chi connectivity index (χ2v) is 16.1. The first kappa shape index (κ1) is 29.4. The molecule has 2 aromatic carbocycles. The monoisotopic (exact) mass is 603 g/mol. The van der Waals surface area contributed by atoms with E-state index in [0.717, 1.165) is 11.3 Å². The predicted molar refractivity (Wildman–Crippen MR) is 164 cm³/mol. The lowest BCUT2D eigenvalue weighted by atomic mass is 9.82. The summed E-state index contributed by atoms with van der Waals surface area (Å²) in [7, 11) is -3.34. The maximum absolute atomic E-state index is 16.2. The lowest BCUT2D eigenvalue weighted by Crippen LogP contribution is -2.45. The van der Waals surface area contributed by atoms with Crippen molar-refractivity contribution in [3.05, 3.63) is 84.2 Å². The van der Waals surface area contributed by atoms with Gasteiger partial charge in [-0.2, -0.15) is 0 Å². The zero-order valence-corrected chi connectivity index (χ0v) is 25.8. The Balaban J connectivity index is 1.31. The number of fused-ring (bicyclic) bond motifs is 2. The smallest absolute Gasteiger partial charge is 0.264 e. The van der Waals surface area contributed by atoms with Crippen molar-refractivity contribution < 1.29 is 23.5 Å². The Morgan fingerprint density at radius 2 is 2.00 bits per heavy atom. The van der Waals surface area contributed by atoms with Crippen molar-refractivity contribution in [3.8, 4) is 0 Å². The van der Waals surface area contributed by atoms with E-state index in [1.807, 2.05) is 61.7 Å². The maximum Gasteiger partial charge on any atom is 0.264 e. The van der Waals surface area contributed by atoms with Gasteiger partial charge in [-0.05, 0) is 43.3 Å². The molecule has 2 saturated heterocycles. The van der Waals surface area contributed by atoms with Gasteiger partial charge in [-0.25, -0.2) is 0 Å². The number of hydrogen-bond acceptors (Lipinski definition) is 6. The summed E-state index contributed by atoms with van der Waals surface area (Å²) >= 11 is 0. The molecule has 0 aliphatic carbocycles. The van der Waals surface area contributed by atoms with Crippen LogP contribution in [0.1, 0.15) is 42.5 Å². The number of halogens is 1. The number of anilines is 2. The topological polar surface area (TPSA) is 101 Å². The zero-order chi connectivity index (χ0) is 30.5. The first-order chi connectivity index (χ1) is 20.6. The van der Waals surface area contributed by atoms with Crippen LogP contribution in [0.2, 0.25) is 18.6 Å². The van der Waals surface area contributed by atoms with Gasteiger partial charge in [0.15, 0.2) is 5.60 Å². The molecule has 0 radical (unpaired) electrons. The number of hydrogen-bond donors (Lipinski definition) is 1. The summed E-state index contributed by atoms with van der Waals surface area (Å²) in [5.74, 6) is -0.917. The van der Waals surface area contributed by atoms with E-state index in [1.165, 1.54) is 0 Å². The quantitative estimate of drug-likeness (QED) is 0.158. The second kappa shape index (κ2) is 11.1. The molecule has 0 bridgehead atoms. The van der Waals surface area contributed by atoms with Gasteiger partial charge in [-0.1, -0.05) is 48.5 Å². The van der Waals surface area contributed by atoms with E-state index in [0.29, 0.717) is 49.4 Å². The number of carbonyl (C=O) groups excluding carboxylic acids is 2. The summed E-state index contributed by atoms with van der Waals surface area (Å²) in [6, 6.07) is 15.3. The number of carbonyl (C=O) groups is 2. The van der Waals surface area contributed by atoms with Crippen molar-refractivity contribution in [3.63, 3.8) is 0 Å². The molecule has 0 saturated carbocycles. The van der Waals surface area contributed by atoms with E-state index >= 15 is 4.11 Å². The summed E-state index contributed by atoms with van der Waals surface area (Å²) in [6.07, 6.45) is 3.88. The molecular formula is C32H38FN5O4Si. The molecule has 2 amide bonds. The third-order valence-corrected chi connectivity index (χ3v) is 11.8. The molecule has 1 unspecified atom stereocenters. The number of ether oxygens (including phenoxy) is 1. The van der Waals surface area contributed by atoms with E-state index in [-0.39, 0.29) is 24.3 Å². The van der Waals surface area contributed by atoms with E-state index < -0.39 is 31.6 Å². The van der Waals surface area contributed by atoms with Crippen LogP contribution >= 0.6 is 0 Å². The predicted octanol–water partition coefficient (Wildman–Crippen LogP) is 4.54. The summed E-state index contributed by atoms with van der Waals surface area (Å²) in [4.78, 5) is 29.9. The van der Waals surface area contributed by atoms with E-state index in [4.69, 9.17) is 4.74 Å². The highest BCUT2D eigenvalue weighted by Gasteiger charge is 2.66. The van der Waals surface area contributed by atoms with Crippen molar-refractivity contribution >= 4 is 31.6 Å². The Morgan fingerprint density at radius 1 is 1.23 bits per heavy atom. The molecule has 4 heterocycles. The van der Waals surface area contributed by atoms with Gasteiger partial charge in [0.25, 0.3) is 5.91 Å². The van der Waals surface area contributed by atoms with Gasteiger partial charge in [-0.15, -0.1) is 11.7 Å². The van der Waals surface area contributed by atoms with Gasteiger partial charge in [0.05, 0.1) is 30.0 Å². The lowest BCUT2D eigenvalue weighted by Gasteiger charge is -2.33. The van der Waals surface area contributed by atoms with Crippen molar-refractivity contribution in [1.82, 2.24) is 15.0 Å². The molecule has 226 valence electrons. The minimum atomic E-state index is -3.34. The van der Waals surface area contributed by atoms with Crippen LogP contribution in [0.4, 0.5) is 15.5 Å². The minimum absolute atomic E-state index is 0.0395. The number of benzene rings is 2. The van der Waals surface area contributed by atoms with Gasteiger partial charge in [0.1, 0.15) is 0 Å². The Bertz CT molecular complexity index is 1540. The average molecular weight is 604 g/mol. The highest BCUT2D eigenvalue weighted by molar-refractivity contribution is 6.72. The fourth-order valence-corrected chi connectivity index (χ4v) is 9.81. The molecule has 1 N–H and O–H groups in total. The van der Waals surface area contributed by atoms with Gasteiger partial charge < -0.3 is 23.8 Å². The molecule has 9 nitrogen and oxygen atoms in total. The summed E-state index contributed by atoms with van der Waals surface area (Å²) < 4.78 is 24.7. The molecule has 3 aliphatic rings. The molecule has 43 heavy (non-hydrogen) atoms. The highest BCUT2D eigenvalue weighted by Crippen LogP contribution is 2.60. The first-order valence-corrected chi connectivity index (χ1v) is 17.9. The molecule has 1 aromatic heterocycles. The molecule has 3 aromatic rings. The fourth-order valence-electron chi connectivity index (χ4n) is 7.27. The number of nitrogens with zero attached hydrogens (tertiary/aromatic N) is 5. The molecule has 1 spiro atoms. The minimum Gasteiger partial charge on any atom is -0.395 e. The van der Waals surface area contributed by atoms with Crippen LogP contribution in [0.5, 0.6) is 0 Å². The first-order valence-electron chi connectivity index (χ1n) is 14.9. The van der Waals surface area contributed by atoms with Crippen LogP contribution in [-0.2, 0) is 26.5 Å². The van der Waals surface area contributed by atoms with Crippen LogP contribution in [0, 0.1) is 5.92 Å². The van der Waals surface area contributed by atoms with Crippen LogP contribution in [0.3, 0.4) is 0 Å². The molecule has 3 aliphatic heterocycles. The van der Waals surface area contributed by atoms with Crippen LogP contribution in [-0.4, -0.2) is 66.1 Å². The maximum atomic E-state index is 16.2. The Hall–Kier alpha value is -3.67. The largest absolute Gasteiger partial charge is 0.395 e. The number of aromatic nitrogens is 3. The normalized spacial score (nSPS) is 25.7. The number of β-lactam (4-membered cyclic amide) rings is 1. The van der Waals surface area contributed by atoms with Crippen molar-refractivity contribution in [2.24, 2.45) is 5.92 Å². The SMILES string of the molecule is C=CCN1C(=O)[C@]2(O[C@H](CCn3cc(C(CO)c4ccccc4)nn3)[C@@H]([Si](C)(C)F)[C@@H]2C)c2cc(N3CCC3=O)ccc21. The number of amides is 2. The summed E-state index contributed by atoms with van der Waals surface area (Å²) in [5, 5.41) is 18.7. The van der Waals surface area contributed by atoms with Gasteiger partial charge >= 0.3 is 0 Å². The highest BCUT2D eigenvalue weighted by atomic mass is 28.4. The van der Waals surface area contributed by atoms with Crippen LogP contribution in [0.25, 0.3) is 0 Å². The van der Waals surface area contributed by atoms with Crippen molar-refractivity contribution in [1.29, 1.82) is 0 Å². The van der Waals surface area contributed by atoms with E-state index in [1.54, 1.807) is 33.7 Å². The second-order valence-electron chi connectivity index (χ2n) is 12.3. The molecular weight excluding hydrogens is 565 g/mol. The standard InChI is InChI=1S/C32H38FN5O4Si/c1-5-15-38-27-12-11-23(37-17-14-29(37)40)18-25(27)32(31(38)41)21(2)30(43(3,4)33)28(42-32)13-16-36-19-26(34-35-36)24(20-39)22-9-7-6-8-10-22/h5-12,18-19,21,24,28,30,39H,1,13-17,20H2,2-4H3/t21-,24?,28+,30-,32+/m0/s1. The Morgan fingerprint density at radius 3 is 2.63 bits per heavy atom. The van der Waals surface area contributed by atoms with Crippen LogP contribution < -0.4 is 9.80 Å². The number of rotatable bonds is 10. The van der Waals surface area contributed by atoms with Gasteiger partial charge in [0.2, 0.25) is 14.3 Å². The van der Waals surface area contributed by atoms with Crippen molar-refractivity contribution in [2.75, 3.05) is 29.5 Å². The number of aliphatic hydroxyl groups excluding tert-OH is 1. The lowest BCUT2D eigenvalue weighted by molar-refractivity contribution is -0.145. The van der Waals surface area contributed by atoms with E-state index in [2.05, 4.69) is 16.9 Å². The Labute approximate surface area is 252 Å². The average Bonchev–Trinajstić information content (AvgIpc) is 3.63. The Kier molecular flexibility index (Phi) is 7.60. The van der Waals surface area contributed by atoms with Crippen LogP contribution in [0.15, 0.2) is 67.4 Å². The van der Waals surface area contributed by atoms with Crippen molar-refractivity contribution in [2.45, 2.75) is 62.6 Å².